The summed E-state index contributed by atoms with van der Waals surface area (Å²) in [4.78, 5) is 0. The summed E-state index contributed by atoms with van der Waals surface area (Å²) >= 11 is 0. The SMILES string of the molecule is CCC(N)(F)C(F)(F)C(F)(F)F. The molecule has 1 atom stereocenters. The molecule has 2 N–H and O–H groups in total. The van der Waals surface area contributed by atoms with Crippen molar-refractivity contribution < 1.29 is 26.3 Å². The normalized spacial score (nSPS) is 19.0. The van der Waals surface area contributed by atoms with Crippen LogP contribution in [0.15, 0.2) is 0 Å². The molecule has 0 heterocycles. The fraction of sp³-hybridized carbons (Fsp3) is 1.00. The van der Waals surface area contributed by atoms with Gasteiger partial charge in [-0.3, -0.25) is 5.73 Å². The molecule has 0 radical (unpaired) electrons. The number of hydrogen-bond donors (Lipinski definition) is 1. The van der Waals surface area contributed by atoms with Gasteiger partial charge >= 0.3 is 12.1 Å². The van der Waals surface area contributed by atoms with Crippen LogP contribution in [0.1, 0.15) is 13.3 Å². The lowest BCUT2D eigenvalue weighted by Crippen LogP contribution is -2.59. The monoisotopic (exact) mass is 195 g/mol. The van der Waals surface area contributed by atoms with E-state index < -0.39 is 24.3 Å². The van der Waals surface area contributed by atoms with Crippen LogP contribution in [0.25, 0.3) is 0 Å². The molecule has 0 aliphatic carbocycles. The van der Waals surface area contributed by atoms with Crippen molar-refractivity contribution in [1.29, 1.82) is 0 Å². The predicted octanol–water partition coefficient (Wildman–Crippen LogP) is 2.22. The fourth-order valence-electron chi connectivity index (χ4n) is 0.458. The molecule has 12 heavy (non-hydrogen) atoms. The van der Waals surface area contributed by atoms with Crippen LogP contribution in [0.4, 0.5) is 26.3 Å². The number of nitrogens with two attached hydrogens (primary N) is 1. The summed E-state index contributed by atoms with van der Waals surface area (Å²) in [5, 5.41) is 0. The molecule has 0 saturated carbocycles. The third kappa shape index (κ3) is 1.65. The van der Waals surface area contributed by atoms with Crippen LogP contribution >= 0.6 is 0 Å². The second-order valence-electron chi connectivity index (χ2n) is 2.29. The second kappa shape index (κ2) is 2.79. The van der Waals surface area contributed by atoms with Gasteiger partial charge in [0.15, 0.2) is 0 Å². The van der Waals surface area contributed by atoms with Gasteiger partial charge in [0.25, 0.3) is 0 Å². The van der Waals surface area contributed by atoms with E-state index in [0.29, 0.717) is 0 Å². The van der Waals surface area contributed by atoms with E-state index in [1.807, 2.05) is 0 Å². The highest BCUT2D eigenvalue weighted by atomic mass is 19.4. The Kier molecular flexibility index (Phi) is 2.68. The Balaban J connectivity index is 4.85. The van der Waals surface area contributed by atoms with E-state index >= 15 is 0 Å². The molecule has 0 amide bonds. The maximum absolute atomic E-state index is 12.4. The zero-order valence-electron chi connectivity index (χ0n) is 6.05. The predicted molar refractivity (Wildman–Crippen MR) is 29.3 cm³/mol. The molecule has 0 aromatic rings. The summed E-state index contributed by atoms with van der Waals surface area (Å²) in [6.45, 7) is 0.805. The number of hydrogen-bond acceptors (Lipinski definition) is 1. The smallest absolute Gasteiger partial charge is 0.294 e. The highest BCUT2D eigenvalue weighted by Gasteiger charge is 2.69. The first-order valence-electron chi connectivity index (χ1n) is 2.98. The Hall–Kier alpha value is -0.460. The minimum Gasteiger partial charge on any atom is -0.294 e. The van der Waals surface area contributed by atoms with Crippen molar-refractivity contribution in [3.63, 3.8) is 0 Å². The van der Waals surface area contributed by atoms with Crippen LogP contribution in [0.2, 0.25) is 0 Å². The van der Waals surface area contributed by atoms with E-state index in [-0.39, 0.29) is 0 Å². The van der Waals surface area contributed by atoms with Gasteiger partial charge < -0.3 is 0 Å². The number of alkyl halides is 6. The molecule has 74 valence electrons. The first kappa shape index (κ1) is 11.5. The summed E-state index contributed by atoms with van der Waals surface area (Å²) in [6, 6.07) is 0. The third-order valence-corrected chi connectivity index (χ3v) is 1.39. The summed E-state index contributed by atoms with van der Waals surface area (Å²) in [6.07, 6.45) is -7.06. The molecule has 0 bridgehead atoms. The highest BCUT2D eigenvalue weighted by molar-refractivity contribution is 4.92. The van der Waals surface area contributed by atoms with Gasteiger partial charge in [-0.15, -0.1) is 0 Å². The Labute approximate surface area is 64.5 Å². The van der Waals surface area contributed by atoms with Crippen molar-refractivity contribution in [3.8, 4) is 0 Å². The van der Waals surface area contributed by atoms with Crippen LogP contribution in [-0.4, -0.2) is 17.9 Å². The van der Waals surface area contributed by atoms with Crippen LogP contribution in [0, 0.1) is 0 Å². The van der Waals surface area contributed by atoms with E-state index in [2.05, 4.69) is 5.73 Å². The van der Waals surface area contributed by atoms with E-state index in [1.165, 1.54) is 0 Å². The highest BCUT2D eigenvalue weighted by Crippen LogP contribution is 2.44. The lowest BCUT2D eigenvalue weighted by atomic mass is 10.1. The van der Waals surface area contributed by atoms with E-state index in [4.69, 9.17) is 0 Å². The zero-order valence-corrected chi connectivity index (χ0v) is 6.05. The molecule has 0 spiro atoms. The Morgan fingerprint density at radius 1 is 1.00 bits per heavy atom. The molecule has 7 heteroatoms. The molecule has 1 unspecified atom stereocenters. The Morgan fingerprint density at radius 3 is 1.42 bits per heavy atom. The lowest BCUT2D eigenvalue weighted by molar-refractivity contribution is -0.327. The molecule has 0 aromatic carbocycles. The van der Waals surface area contributed by atoms with E-state index in [0.717, 1.165) is 6.92 Å². The molecular formula is C5H7F6N. The van der Waals surface area contributed by atoms with E-state index in [9.17, 15) is 26.3 Å². The minimum absolute atomic E-state index is 0.805. The number of halogens is 6. The maximum Gasteiger partial charge on any atom is 0.458 e. The van der Waals surface area contributed by atoms with Gasteiger partial charge in [-0.2, -0.15) is 22.0 Å². The quantitative estimate of drug-likeness (QED) is 0.530. The third-order valence-electron chi connectivity index (χ3n) is 1.39. The molecule has 0 fully saturated rings. The van der Waals surface area contributed by atoms with Gasteiger partial charge in [0.2, 0.25) is 5.79 Å². The van der Waals surface area contributed by atoms with Gasteiger partial charge in [0.05, 0.1) is 0 Å². The summed E-state index contributed by atoms with van der Waals surface area (Å²) in [5.74, 6) is -9.54. The van der Waals surface area contributed by atoms with Crippen molar-refractivity contribution in [1.82, 2.24) is 0 Å². The second-order valence-corrected chi connectivity index (χ2v) is 2.29. The van der Waals surface area contributed by atoms with Crippen LogP contribution in [0.3, 0.4) is 0 Å². The number of rotatable bonds is 2. The summed E-state index contributed by atoms with van der Waals surface area (Å²) < 4.78 is 70.9. The maximum atomic E-state index is 12.4. The van der Waals surface area contributed by atoms with Crippen molar-refractivity contribution in [2.45, 2.75) is 31.2 Å². The molecule has 0 aliphatic heterocycles. The summed E-state index contributed by atoms with van der Waals surface area (Å²) in [5.41, 5.74) is 4.14. The van der Waals surface area contributed by atoms with Crippen LogP contribution < -0.4 is 5.73 Å². The largest absolute Gasteiger partial charge is 0.458 e. The average Bonchev–Trinajstić information content (AvgIpc) is 1.85. The van der Waals surface area contributed by atoms with Crippen molar-refractivity contribution >= 4 is 0 Å². The fourth-order valence-corrected chi connectivity index (χ4v) is 0.458. The average molecular weight is 195 g/mol. The van der Waals surface area contributed by atoms with Gasteiger partial charge in [0, 0.05) is 0 Å². The lowest BCUT2D eigenvalue weighted by Gasteiger charge is -2.30. The summed E-state index contributed by atoms with van der Waals surface area (Å²) in [7, 11) is 0. The first-order valence-corrected chi connectivity index (χ1v) is 2.98. The topological polar surface area (TPSA) is 26.0 Å². The van der Waals surface area contributed by atoms with Crippen molar-refractivity contribution in [2.24, 2.45) is 5.73 Å². The zero-order chi connectivity index (χ0) is 10.2. The Bertz CT molecular complexity index is 160. The van der Waals surface area contributed by atoms with Gasteiger partial charge in [-0.25, -0.2) is 4.39 Å². The minimum atomic E-state index is -5.95. The molecule has 0 aliphatic rings. The van der Waals surface area contributed by atoms with Gasteiger partial charge in [0.1, 0.15) is 0 Å². The molecule has 0 aromatic heterocycles. The van der Waals surface area contributed by atoms with E-state index in [1.54, 1.807) is 0 Å². The van der Waals surface area contributed by atoms with Crippen molar-refractivity contribution in [3.05, 3.63) is 0 Å². The van der Waals surface area contributed by atoms with Crippen LogP contribution in [0.5, 0.6) is 0 Å². The van der Waals surface area contributed by atoms with Crippen molar-refractivity contribution in [2.75, 3.05) is 0 Å². The molecule has 0 saturated heterocycles. The standard InChI is InChI=1S/C5H7F6N/c1-2-3(6,12)4(7,8)5(9,10)11/h2,12H2,1H3. The first-order chi connectivity index (χ1) is 5.06. The molecular weight excluding hydrogens is 188 g/mol. The van der Waals surface area contributed by atoms with Crippen LogP contribution in [-0.2, 0) is 0 Å². The Morgan fingerprint density at radius 2 is 1.33 bits per heavy atom. The van der Waals surface area contributed by atoms with Gasteiger partial charge in [-0.1, -0.05) is 6.92 Å². The molecule has 0 rings (SSSR count). The molecule has 1 nitrogen and oxygen atoms in total. The van der Waals surface area contributed by atoms with Gasteiger partial charge in [-0.05, 0) is 6.42 Å².